The molecule has 0 radical (unpaired) electrons. The molecule has 0 aliphatic carbocycles. The van der Waals surface area contributed by atoms with Crippen molar-refractivity contribution in [2.75, 3.05) is 6.26 Å². The molecule has 0 bridgehead atoms. The molecule has 0 aromatic carbocycles. The topological polar surface area (TPSA) is 54.4 Å². The maximum Gasteiger partial charge on any atom is 0.386 e. The molecule has 0 saturated heterocycles. The van der Waals surface area contributed by atoms with E-state index in [9.17, 15) is 21.6 Å². The second-order valence-electron chi connectivity index (χ2n) is 1.51. The van der Waals surface area contributed by atoms with Crippen molar-refractivity contribution in [3.8, 4) is 0 Å². The van der Waals surface area contributed by atoms with Crippen LogP contribution in [-0.2, 0) is 10.1 Å². The van der Waals surface area contributed by atoms with E-state index in [1.54, 1.807) is 0 Å². The van der Waals surface area contributed by atoms with Crippen molar-refractivity contribution < 1.29 is 26.1 Å². The van der Waals surface area contributed by atoms with Crippen LogP contribution in [0.5, 0.6) is 0 Å². The summed E-state index contributed by atoms with van der Waals surface area (Å²) in [7, 11) is -3.67. The van der Waals surface area contributed by atoms with E-state index < -0.39 is 16.3 Å². The second kappa shape index (κ2) is 10.6. The van der Waals surface area contributed by atoms with Gasteiger partial charge < -0.3 is 0 Å². The first kappa shape index (κ1) is 29.2. The fraction of sp³-hybridized carbons (Fsp3) is 1.00. The van der Waals surface area contributed by atoms with Crippen LogP contribution in [0.4, 0.5) is 13.2 Å². The number of hydrogen-bond donors (Lipinski definition) is 1. The monoisotopic (exact) mass is 288 g/mol. The van der Waals surface area contributed by atoms with E-state index in [0.29, 0.717) is 6.26 Å². The number of rotatable bonds is 0. The second-order valence-corrected chi connectivity index (χ2v) is 2.98. The first-order valence-corrected chi connectivity index (χ1v) is 3.84. The van der Waals surface area contributed by atoms with Gasteiger partial charge in [-0.3, -0.25) is 4.55 Å². The van der Waals surface area contributed by atoms with Crippen LogP contribution < -0.4 is 0 Å². The summed E-state index contributed by atoms with van der Waals surface area (Å²) in [6.07, 6.45) is -3.28. The molecule has 0 amide bonds. The summed E-state index contributed by atoms with van der Waals surface area (Å²) in [6, 6.07) is 0. The molecule has 3 nitrogen and oxygen atoms in total. The van der Waals surface area contributed by atoms with Crippen molar-refractivity contribution in [2.24, 2.45) is 0 Å². The largest absolute Gasteiger partial charge is 0.386 e. The third kappa shape index (κ3) is 4320. The van der Waals surface area contributed by atoms with Gasteiger partial charge in [-0.2, -0.15) is 21.6 Å². The standard InChI is InChI=1S/C2H3F3.CH4O3S.3ClH/c1-2(3,4)5;1-5(2,3)4;;;/h1H3;1H3,(H,2,3,4);3*1H. The van der Waals surface area contributed by atoms with Gasteiger partial charge in [0.25, 0.3) is 10.1 Å². The van der Waals surface area contributed by atoms with Crippen LogP contribution in [-0.4, -0.2) is 25.4 Å². The summed E-state index contributed by atoms with van der Waals surface area (Å²) in [5, 5.41) is 0. The molecule has 0 rings (SSSR count). The predicted octanol–water partition coefficient (Wildman–Crippen LogP) is 2.34. The lowest BCUT2D eigenvalue weighted by Gasteiger charge is -1.88. The lowest BCUT2D eigenvalue weighted by molar-refractivity contribution is -0.110. The molecule has 0 spiro atoms. The van der Waals surface area contributed by atoms with Gasteiger partial charge >= 0.3 is 6.18 Å². The summed E-state index contributed by atoms with van der Waals surface area (Å²) >= 11 is 0. The van der Waals surface area contributed by atoms with Gasteiger partial charge in [0.05, 0.1) is 6.26 Å². The molecule has 0 atom stereocenters. The molecule has 1 N–H and O–H groups in total. The van der Waals surface area contributed by atoms with E-state index >= 15 is 0 Å². The predicted molar refractivity (Wildman–Crippen MR) is 50.9 cm³/mol. The summed E-state index contributed by atoms with van der Waals surface area (Å²) in [5.74, 6) is 0. The Hall–Kier alpha value is 0.570. The lowest BCUT2D eigenvalue weighted by Crippen LogP contribution is -1.95. The van der Waals surface area contributed by atoms with E-state index in [1.165, 1.54) is 0 Å². The third-order valence-electron chi connectivity index (χ3n) is 0. The van der Waals surface area contributed by atoms with Gasteiger partial charge in [0, 0.05) is 6.92 Å². The van der Waals surface area contributed by atoms with Crippen LogP contribution in [0, 0.1) is 0 Å². The minimum absolute atomic E-state index is 0. The highest BCUT2D eigenvalue weighted by atomic mass is 35.5. The average Bonchev–Trinajstić information content (AvgIpc) is 1.12. The highest BCUT2D eigenvalue weighted by Gasteiger charge is 2.15. The number of alkyl halides is 3. The first-order valence-electron chi connectivity index (χ1n) is 1.99. The molecule has 0 aromatic heterocycles. The summed E-state index contributed by atoms with van der Waals surface area (Å²) in [6.45, 7) is 0.188. The SMILES string of the molecule is CC(F)(F)F.CS(=O)(=O)O.Cl.Cl.Cl. The van der Waals surface area contributed by atoms with Crippen LogP contribution >= 0.6 is 37.2 Å². The van der Waals surface area contributed by atoms with Gasteiger partial charge in [-0.25, -0.2) is 0 Å². The van der Waals surface area contributed by atoms with Gasteiger partial charge in [0.2, 0.25) is 0 Å². The molecular weight excluding hydrogens is 279 g/mol. The fourth-order valence-corrected chi connectivity index (χ4v) is 0. The van der Waals surface area contributed by atoms with E-state index in [4.69, 9.17) is 4.55 Å². The van der Waals surface area contributed by atoms with Crippen molar-refractivity contribution in [3.63, 3.8) is 0 Å². The maximum absolute atomic E-state index is 10.4. The Labute approximate surface area is 93.1 Å². The van der Waals surface area contributed by atoms with E-state index in [2.05, 4.69) is 0 Å². The zero-order valence-corrected chi connectivity index (χ0v) is 9.80. The van der Waals surface area contributed by atoms with E-state index in [-0.39, 0.29) is 44.1 Å². The molecule has 0 unspecified atom stereocenters. The Bertz CT molecular complexity index is 164. The van der Waals surface area contributed by atoms with Gasteiger partial charge in [-0.05, 0) is 0 Å². The zero-order chi connectivity index (χ0) is 9.00. The number of hydrogen-bond acceptors (Lipinski definition) is 2. The van der Waals surface area contributed by atoms with Crippen LogP contribution in [0.15, 0.2) is 0 Å². The normalized spacial score (nSPS) is 9.08. The molecular formula is C3H10Cl3F3O3S. The summed E-state index contributed by atoms with van der Waals surface area (Å²) in [5.41, 5.74) is 0. The molecule has 0 aliphatic heterocycles. The van der Waals surface area contributed by atoms with Crippen LogP contribution in [0.1, 0.15) is 6.92 Å². The molecule has 0 aliphatic rings. The summed E-state index contributed by atoms with van der Waals surface area (Å²) in [4.78, 5) is 0. The van der Waals surface area contributed by atoms with Crippen LogP contribution in [0.3, 0.4) is 0 Å². The van der Waals surface area contributed by atoms with Gasteiger partial charge in [-0.1, -0.05) is 0 Å². The van der Waals surface area contributed by atoms with Gasteiger partial charge in [-0.15, -0.1) is 37.2 Å². The highest BCUT2D eigenvalue weighted by molar-refractivity contribution is 7.85. The van der Waals surface area contributed by atoms with Crippen LogP contribution in [0.25, 0.3) is 0 Å². The number of halogens is 6. The maximum atomic E-state index is 10.4. The Balaban J connectivity index is -0.0000000267. The smallest absolute Gasteiger partial charge is 0.286 e. The Morgan fingerprint density at radius 3 is 1.08 bits per heavy atom. The molecule has 10 heteroatoms. The quantitative estimate of drug-likeness (QED) is 0.696. The van der Waals surface area contributed by atoms with Crippen molar-refractivity contribution in [2.45, 2.75) is 13.1 Å². The first-order chi connectivity index (χ1) is 4.00. The summed E-state index contributed by atoms with van der Waals surface area (Å²) < 4.78 is 56.9. The van der Waals surface area contributed by atoms with Crippen molar-refractivity contribution in [1.82, 2.24) is 0 Å². The minimum Gasteiger partial charge on any atom is -0.286 e. The molecule has 0 fully saturated rings. The fourth-order valence-electron chi connectivity index (χ4n) is 0. The molecule has 88 valence electrons. The van der Waals surface area contributed by atoms with Crippen molar-refractivity contribution >= 4 is 47.3 Å². The van der Waals surface area contributed by atoms with E-state index in [1.807, 2.05) is 0 Å². The van der Waals surface area contributed by atoms with E-state index in [0.717, 1.165) is 0 Å². The zero-order valence-electron chi connectivity index (χ0n) is 6.53. The third-order valence-corrected chi connectivity index (χ3v) is 0. The highest BCUT2D eigenvalue weighted by Crippen LogP contribution is 2.10. The molecule has 13 heavy (non-hydrogen) atoms. The van der Waals surface area contributed by atoms with Crippen molar-refractivity contribution in [3.05, 3.63) is 0 Å². The van der Waals surface area contributed by atoms with Gasteiger partial charge in [0.1, 0.15) is 0 Å². The Kier molecular flexibility index (Phi) is 23.9. The average molecular weight is 290 g/mol. The van der Waals surface area contributed by atoms with Gasteiger partial charge in [0.15, 0.2) is 0 Å². The minimum atomic E-state index is -4.00. The Morgan fingerprint density at radius 1 is 1.08 bits per heavy atom. The molecule has 0 heterocycles. The van der Waals surface area contributed by atoms with Crippen LogP contribution in [0.2, 0.25) is 0 Å². The molecule has 0 aromatic rings. The lowest BCUT2D eigenvalue weighted by atomic mass is 10.8. The van der Waals surface area contributed by atoms with Crippen molar-refractivity contribution in [1.29, 1.82) is 0 Å². The Morgan fingerprint density at radius 2 is 1.08 bits per heavy atom. The molecule has 0 saturated carbocycles.